The summed E-state index contributed by atoms with van der Waals surface area (Å²) in [6.45, 7) is 9.57. The van der Waals surface area contributed by atoms with Crippen LogP contribution in [-0.2, 0) is 0 Å². The molecule has 0 saturated heterocycles. The van der Waals surface area contributed by atoms with E-state index < -0.39 is 0 Å². The molecule has 0 aliphatic heterocycles. The third-order valence-electron chi connectivity index (χ3n) is 6.39. The van der Waals surface area contributed by atoms with Gasteiger partial charge < -0.3 is 5.32 Å². The minimum Gasteiger partial charge on any atom is -0.307 e. The van der Waals surface area contributed by atoms with E-state index in [9.17, 15) is 0 Å². The molecule has 112 valence electrons. The highest BCUT2D eigenvalue weighted by Gasteiger charge is 2.61. The van der Waals surface area contributed by atoms with Crippen LogP contribution in [0.1, 0.15) is 58.6 Å². The molecule has 3 rings (SSSR count). The maximum Gasteiger partial charge on any atom is 0.0991 e. The van der Waals surface area contributed by atoms with Crippen LogP contribution in [0.5, 0.6) is 0 Å². The highest BCUT2D eigenvalue weighted by atomic mass is 35.5. The molecule has 0 radical (unpaired) electrons. The van der Waals surface area contributed by atoms with E-state index in [2.05, 4.69) is 33.0 Å². The Balaban J connectivity index is 1.78. The van der Waals surface area contributed by atoms with Gasteiger partial charge in [-0.3, -0.25) is 0 Å². The van der Waals surface area contributed by atoms with Gasteiger partial charge in [-0.15, -0.1) is 11.3 Å². The highest BCUT2D eigenvalue weighted by molar-refractivity contribution is 7.20. The molecule has 2 aliphatic carbocycles. The second-order valence-electron chi connectivity index (χ2n) is 7.33. The van der Waals surface area contributed by atoms with Gasteiger partial charge in [0.05, 0.1) is 8.67 Å². The topological polar surface area (TPSA) is 12.0 Å². The normalized spacial score (nSPS) is 36.5. The molecule has 2 fully saturated rings. The molecule has 0 amide bonds. The van der Waals surface area contributed by atoms with Gasteiger partial charge in [0.1, 0.15) is 0 Å². The third kappa shape index (κ3) is 2.06. The summed E-state index contributed by atoms with van der Waals surface area (Å²) in [7, 11) is 0. The van der Waals surface area contributed by atoms with E-state index in [4.69, 9.17) is 23.2 Å². The lowest BCUT2D eigenvalue weighted by Crippen LogP contribution is -2.45. The Bertz CT molecular complexity index is 525. The van der Waals surface area contributed by atoms with Gasteiger partial charge >= 0.3 is 0 Å². The molecule has 1 N–H and O–H groups in total. The van der Waals surface area contributed by atoms with Gasteiger partial charge in [0.2, 0.25) is 0 Å². The van der Waals surface area contributed by atoms with Crippen LogP contribution in [0.2, 0.25) is 8.67 Å². The fourth-order valence-electron chi connectivity index (χ4n) is 4.50. The monoisotopic (exact) mass is 331 g/mol. The molecule has 1 aromatic rings. The zero-order chi connectivity index (χ0) is 14.7. The molecule has 1 heterocycles. The zero-order valence-electron chi connectivity index (χ0n) is 12.6. The van der Waals surface area contributed by atoms with Crippen molar-refractivity contribution < 1.29 is 0 Å². The molecule has 0 spiro atoms. The van der Waals surface area contributed by atoms with Crippen LogP contribution >= 0.6 is 34.5 Å². The van der Waals surface area contributed by atoms with Crippen LogP contribution in [-0.4, -0.2) is 6.04 Å². The first-order chi connectivity index (χ1) is 9.25. The lowest BCUT2D eigenvalue weighted by molar-refractivity contribution is 0.116. The van der Waals surface area contributed by atoms with Crippen molar-refractivity contribution >= 4 is 34.5 Å². The molecule has 1 nitrogen and oxygen atoms in total. The Morgan fingerprint density at radius 3 is 2.50 bits per heavy atom. The van der Waals surface area contributed by atoms with Gasteiger partial charge in [-0.1, -0.05) is 44.0 Å². The van der Waals surface area contributed by atoms with Crippen molar-refractivity contribution in [2.45, 2.75) is 59.0 Å². The first kappa shape index (κ1) is 15.1. The lowest BCUT2D eigenvalue weighted by atomic mass is 9.69. The first-order valence-corrected chi connectivity index (χ1v) is 9.04. The molecule has 2 saturated carbocycles. The van der Waals surface area contributed by atoms with Gasteiger partial charge in [0, 0.05) is 12.1 Å². The van der Waals surface area contributed by atoms with Crippen LogP contribution < -0.4 is 5.32 Å². The maximum absolute atomic E-state index is 6.29. The quantitative estimate of drug-likeness (QED) is 0.724. The summed E-state index contributed by atoms with van der Waals surface area (Å²) in [6, 6.07) is 2.86. The number of thiophene rings is 1. The van der Waals surface area contributed by atoms with E-state index in [1.807, 2.05) is 6.07 Å². The van der Waals surface area contributed by atoms with E-state index >= 15 is 0 Å². The Hall–Kier alpha value is 0.240. The molecule has 4 heteroatoms. The Kier molecular flexibility index (Phi) is 3.69. The Labute approximate surface area is 136 Å². The number of hydrogen-bond donors (Lipinski definition) is 1. The largest absolute Gasteiger partial charge is 0.307 e. The fraction of sp³-hybridized carbons (Fsp3) is 0.750. The minimum atomic E-state index is 0.267. The Morgan fingerprint density at radius 2 is 2.05 bits per heavy atom. The van der Waals surface area contributed by atoms with Crippen molar-refractivity contribution in [2.24, 2.45) is 16.7 Å². The van der Waals surface area contributed by atoms with Crippen LogP contribution in [0.4, 0.5) is 0 Å². The average Bonchev–Trinajstić information content (AvgIpc) is 2.86. The van der Waals surface area contributed by atoms with E-state index in [1.165, 1.54) is 30.6 Å². The second-order valence-corrected chi connectivity index (χ2v) is 9.62. The Morgan fingerprint density at radius 1 is 1.35 bits per heavy atom. The molecular formula is C16H23Cl2NS. The maximum atomic E-state index is 6.29. The molecule has 2 aliphatic rings. The standard InChI is InChI=1S/C16H23Cl2NS/c1-9(11-8-13(17)20-14(11)18)19-12-7-10-5-6-16(12,4)15(10,2)3/h8-10,12,19H,5-7H2,1-4H3. The van der Waals surface area contributed by atoms with Crippen molar-refractivity contribution in [1.29, 1.82) is 0 Å². The number of rotatable bonds is 3. The summed E-state index contributed by atoms with van der Waals surface area (Å²) in [5.74, 6) is 0.860. The first-order valence-electron chi connectivity index (χ1n) is 7.46. The molecular weight excluding hydrogens is 309 g/mol. The van der Waals surface area contributed by atoms with E-state index in [0.29, 0.717) is 16.9 Å². The second kappa shape index (κ2) is 4.87. The number of halogens is 2. The average molecular weight is 332 g/mol. The van der Waals surface area contributed by atoms with Crippen LogP contribution in [0.15, 0.2) is 6.07 Å². The molecule has 4 unspecified atom stereocenters. The van der Waals surface area contributed by atoms with Crippen molar-refractivity contribution in [3.8, 4) is 0 Å². The van der Waals surface area contributed by atoms with Crippen molar-refractivity contribution in [1.82, 2.24) is 5.32 Å². The molecule has 0 aromatic carbocycles. The van der Waals surface area contributed by atoms with Crippen molar-refractivity contribution in [3.63, 3.8) is 0 Å². The molecule has 20 heavy (non-hydrogen) atoms. The summed E-state index contributed by atoms with van der Waals surface area (Å²) in [5.41, 5.74) is 1.99. The summed E-state index contributed by atoms with van der Waals surface area (Å²) in [4.78, 5) is 0. The minimum absolute atomic E-state index is 0.267. The van der Waals surface area contributed by atoms with Crippen molar-refractivity contribution in [3.05, 3.63) is 20.3 Å². The predicted molar refractivity (Wildman–Crippen MR) is 88.9 cm³/mol. The van der Waals surface area contributed by atoms with Gasteiger partial charge in [-0.2, -0.15) is 0 Å². The van der Waals surface area contributed by atoms with E-state index in [0.717, 1.165) is 20.2 Å². The predicted octanol–water partition coefficient (Wildman–Crippen LogP) is 5.92. The van der Waals surface area contributed by atoms with Crippen LogP contribution in [0.3, 0.4) is 0 Å². The zero-order valence-corrected chi connectivity index (χ0v) is 14.9. The summed E-state index contributed by atoms with van der Waals surface area (Å²) < 4.78 is 1.60. The molecule has 2 bridgehead atoms. The van der Waals surface area contributed by atoms with E-state index in [1.54, 1.807) is 0 Å². The summed E-state index contributed by atoms with van der Waals surface area (Å²) in [5, 5.41) is 3.84. The molecule has 1 aromatic heterocycles. The highest BCUT2D eigenvalue weighted by Crippen LogP contribution is 2.65. The van der Waals surface area contributed by atoms with Crippen LogP contribution in [0.25, 0.3) is 0 Å². The van der Waals surface area contributed by atoms with Gasteiger partial charge in [-0.25, -0.2) is 0 Å². The number of hydrogen-bond acceptors (Lipinski definition) is 2. The van der Waals surface area contributed by atoms with Gasteiger partial charge in [-0.05, 0) is 54.6 Å². The lowest BCUT2D eigenvalue weighted by Gasteiger charge is -2.40. The van der Waals surface area contributed by atoms with Gasteiger partial charge in [0.15, 0.2) is 0 Å². The number of nitrogens with one attached hydrogen (secondary N) is 1. The van der Waals surface area contributed by atoms with E-state index in [-0.39, 0.29) is 6.04 Å². The van der Waals surface area contributed by atoms with Crippen molar-refractivity contribution in [2.75, 3.05) is 0 Å². The number of fused-ring (bicyclic) bond motifs is 2. The summed E-state index contributed by atoms with van der Waals surface area (Å²) >= 11 is 13.8. The third-order valence-corrected chi connectivity index (χ3v) is 7.91. The van der Waals surface area contributed by atoms with Gasteiger partial charge in [0.25, 0.3) is 0 Å². The fourth-order valence-corrected chi connectivity index (χ4v) is 6.14. The molecule has 4 atom stereocenters. The smallest absolute Gasteiger partial charge is 0.0991 e. The SMILES string of the molecule is CC(NC1CC2CCC1(C)C2(C)C)c1cc(Cl)sc1Cl. The van der Waals surface area contributed by atoms with Crippen LogP contribution in [0, 0.1) is 16.7 Å². The summed E-state index contributed by atoms with van der Waals surface area (Å²) in [6.07, 6.45) is 4.03.